The summed E-state index contributed by atoms with van der Waals surface area (Å²) in [6.45, 7) is 1.29. The molecule has 228 valence electrons. The molecule has 0 aromatic heterocycles. The standard InChI is InChI=1S/C23H45N5O11/c1-2-8-3-4-9(25)22(36-8)38-19-13(27)16(32)14(28-21(35)10(30)5-6-24)20(18(19)34)39-23-17(33)12(26)15(31)11(7-29)37-23/h8-20,22-23,29-34H,2-7,24-27H2,1H3,(H,28,35)/t8?,9?,10-,11?,12-,13-,14+,15-,16?,17?,18?,19?,20+,22-,23-/m0/s1. The second-order valence-electron chi connectivity index (χ2n) is 10.4. The van der Waals surface area contributed by atoms with Gasteiger partial charge >= 0.3 is 0 Å². The van der Waals surface area contributed by atoms with E-state index in [0.29, 0.717) is 12.8 Å². The maximum atomic E-state index is 12.6. The second kappa shape index (κ2) is 14.2. The van der Waals surface area contributed by atoms with Crippen molar-refractivity contribution in [2.24, 2.45) is 22.9 Å². The molecule has 2 heterocycles. The fourth-order valence-electron chi connectivity index (χ4n) is 5.15. The minimum atomic E-state index is -1.65. The van der Waals surface area contributed by atoms with Crippen molar-refractivity contribution < 1.29 is 54.4 Å². The van der Waals surface area contributed by atoms with Crippen molar-refractivity contribution >= 4 is 5.91 Å². The van der Waals surface area contributed by atoms with E-state index in [1.54, 1.807) is 0 Å². The van der Waals surface area contributed by atoms with Gasteiger partial charge < -0.3 is 77.8 Å². The highest BCUT2D eigenvalue weighted by molar-refractivity contribution is 5.81. The number of aliphatic hydroxyl groups is 6. The molecule has 39 heavy (non-hydrogen) atoms. The summed E-state index contributed by atoms with van der Waals surface area (Å²) in [5.41, 5.74) is 23.7. The van der Waals surface area contributed by atoms with Crippen LogP contribution in [0.25, 0.3) is 0 Å². The third-order valence-electron chi connectivity index (χ3n) is 7.69. The molecule has 0 aromatic rings. The van der Waals surface area contributed by atoms with Crippen molar-refractivity contribution in [1.29, 1.82) is 0 Å². The number of ether oxygens (including phenoxy) is 4. The van der Waals surface area contributed by atoms with E-state index < -0.39 is 98.1 Å². The molecule has 15 atom stereocenters. The third-order valence-corrected chi connectivity index (χ3v) is 7.69. The van der Waals surface area contributed by atoms with Crippen LogP contribution in [0.1, 0.15) is 32.6 Å². The van der Waals surface area contributed by atoms with Gasteiger partial charge in [-0.1, -0.05) is 6.92 Å². The number of nitrogens with two attached hydrogens (primary N) is 4. The van der Waals surface area contributed by atoms with Crippen LogP contribution >= 0.6 is 0 Å². The molecule has 0 aromatic carbocycles. The summed E-state index contributed by atoms with van der Waals surface area (Å²) < 4.78 is 23.2. The average Bonchev–Trinajstić information content (AvgIpc) is 2.92. The van der Waals surface area contributed by atoms with Gasteiger partial charge in [-0.15, -0.1) is 0 Å². The predicted octanol–water partition coefficient (Wildman–Crippen LogP) is -5.98. The first-order chi connectivity index (χ1) is 18.4. The normalized spacial score (nSPS) is 46.0. The molecule has 15 N–H and O–H groups in total. The maximum absolute atomic E-state index is 12.6. The fourth-order valence-corrected chi connectivity index (χ4v) is 5.15. The van der Waals surface area contributed by atoms with Gasteiger partial charge in [0.15, 0.2) is 12.6 Å². The zero-order chi connectivity index (χ0) is 29.0. The Morgan fingerprint density at radius 3 is 2.23 bits per heavy atom. The lowest BCUT2D eigenvalue weighted by atomic mass is 9.81. The van der Waals surface area contributed by atoms with Crippen LogP contribution in [0, 0.1) is 0 Å². The van der Waals surface area contributed by atoms with Crippen molar-refractivity contribution in [3.05, 3.63) is 0 Å². The number of amides is 1. The van der Waals surface area contributed by atoms with Crippen molar-refractivity contribution in [2.75, 3.05) is 13.2 Å². The lowest BCUT2D eigenvalue weighted by Gasteiger charge is -2.50. The van der Waals surface area contributed by atoms with Gasteiger partial charge in [0.05, 0.1) is 43.0 Å². The largest absolute Gasteiger partial charge is 0.394 e. The molecule has 2 saturated heterocycles. The average molecular weight is 568 g/mol. The van der Waals surface area contributed by atoms with Gasteiger partial charge in [-0.2, -0.15) is 0 Å². The Morgan fingerprint density at radius 2 is 1.62 bits per heavy atom. The highest BCUT2D eigenvalue weighted by atomic mass is 16.7. The van der Waals surface area contributed by atoms with E-state index in [2.05, 4.69) is 5.32 Å². The van der Waals surface area contributed by atoms with Gasteiger partial charge in [-0.3, -0.25) is 4.79 Å². The van der Waals surface area contributed by atoms with Crippen LogP contribution in [-0.2, 0) is 23.7 Å². The van der Waals surface area contributed by atoms with Crippen LogP contribution in [0.15, 0.2) is 0 Å². The Labute approximate surface area is 226 Å². The van der Waals surface area contributed by atoms with Crippen LogP contribution in [-0.4, -0.2) is 141 Å². The van der Waals surface area contributed by atoms with E-state index in [1.807, 2.05) is 6.92 Å². The van der Waals surface area contributed by atoms with Crippen LogP contribution in [0.4, 0.5) is 0 Å². The van der Waals surface area contributed by atoms with E-state index in [0.717, 1.165) is 6.42 Å². The maximum Gasteiger partial charge on any atom is 0.249 e. The summed E-state index contributed by atoms with van der Waals surface area (Å²) in [6.07, 6.45) is -12.6. The molecule has 3 fully saturated rings. The fraction of sp³-hybridized carbons (Fsp3) is 0.957. The predicted molar refractivity (Wildman–Crippen MR) is 133 cm³/mol. The van der Waals surface area contributed by atoms with Crippen molar-refractivity contribution in [2.45, 2.75) is 124 Å². The number of carbonyl (C=O) groups excluding carboxylic acids is 1. The molecule has 16 nitrogen and oxygen atoms in total. The minimum Gasteiger partial charge on any atom is -0.394 e. The molecule has 1 amide bonds. The van der Waals surface area contributed by atoms with E-state index in [4.69, 9.17) is 41.9 Å². The SMILES string of the molecule is CCC1CCC(N)[C@H](OC2C(O)[C@H](O[C@@H]3OC(CO)[C@H](O)[C@H](N)C3O)[C@H](NC(=O)[C@@H](O)CCN)C(O)[C@@H]2N)O1. The zero-order valence-electron chi connectivity index (χ0n) is 21.9. The Hall–Kier alpha value is -1.09. The van der Waals surface area contributed by atoms with Gasteiger partial charge in [0, 0.05) is 0 Å². The molecule has 0 bridgehead atoms. The number of nitrogens with one attached hydrogen (secondary N) is 1. The summed E-state index contributed by atoms with van der Waals surface area (Å²) in [6, 6.07) is -4.53. The van der Waals surface area contributed by atoms with Crippen LogP contribution in [0.2, 0.25) is 0 Å². The molecule has 2 aliphatic heterocycles. The Balaban J connectivity index is 1.88. The summed E-state index contributed by atoms with van der Waals surface area (Å²) in [4.78, 5) is 12.6. The Morgan fingerprint density at radius 1 is 0.949 bits per heavy atom. The van der Waals surface area contributed by atoms with Gasteiger partial charge in [-0.25, -0.2) is 0 Å². The number of rotatable bonds is 10. The van der Waals surface area contributed by atoms with E-state index >= 15 is 0 Å². The lowest BCUT2D eigenvalue weighted by molar-refractivity contribution is -0.319. The first-order valence-electron chi connectivity index (χ1n) is 13.3. The van der Waals surface area contributed by atoms with Crippen LogP contribution in [0.5, 0.6) is 0 Å². The van der Waals surface area contributed by atoms with Crippen LogP contribution < -0.4 is 28.3 Å². The molecule has 1 aliphatic carbocycles. The smallest absolute Gasteiger partial charge is 0.249 e. The van der Waals surface area contributed by atoms with Crippen molar-refractivity contribution in [3.63, 3.8) is 0 Å². The monoisotopic (exact) mass is 567 g/mol. The highest BCUT2D eigenvalue weighted by Gasteiger charge is 2.54. The molecule has 7 unspecified atom stereocenters. The van der Waals surface area contributed by atoms with E-state index in [-0.39, 0.29) is 19.1 Å². The van der Waals surface area contributed by atoms with E-state index in [1.165, 1.54) is 0 Å². The van der Waals surface area contributed by atoms with Crippen LogP contribution in [0.3, 0.4) is 0 Å². The zero-order valence-corrected chi connectivity index (χ0v) is 21.9. The Bertz CT molecular complexity index is 785. The van der Waals surface area contributed by atoms with Gasteiger partial charge in [0.25, 0.3) is 0 Å². The number of aliphatic hydroxyl groups excluding tert-OH is 6. The quantitative estimate of drug-likeness (QED) is 0.117. The molecular formula is C23H45N5O11. The lowest BCUT2D eigenvalue weighted by Crippen LogP contribution is -2.74. The van der Waals surface area contributed by atoms with Crippen molar-refractivity contribution in [3.8, 4) is 0 Å². The summed E-state index contributed by atoms with van der Waals surface area (Å²) in [5.74, 6) is -0.911. The van der Waals surface area contributed by atoms with Gasteiger partial charge in [0.1, 0.15) is 42.7 Å². The summed E-state index contributed by atoms with van der Waals surface area (Å²) in [7, 11) is 0. The molecule has 3 rings (SSSR count). The summed E-state index contributed by atoms with van der Waals surface area (Å²) >= 11 is 0. The molecular weight excluding hydrogens is 522 g/mol. The number of hydrogen-bond acceptors (Lipinski definition) is 15. The highest BCUT2D eigenvalue weighted by Crippen LogP contribution is 2.32. The van der Waals surface area contributed by atoms with Gasteiger partial charge in [-0.05, 0) is 32.2 Å². The number of hydrogen-bond donors (Lipinski definition) is 11. The Kier molecular flexibility index (Phi) is 11.8. The molecule has 0 radical (unpaired) electrons. The first-order valence-corrected chi connectivity index (χ1v) is 13.3. The van der Waals surface area contributed by atoms with E-state index in [9.17, 15) is 35.4 Å². The van der Waals surface area contributed by atoms with Gasteiger partial charge in [0.2, 0.25) is 5.91 Å². The molecule has 16 heteroatoms. The second-order valence-corrected chi connectivity index (χ2v) is 10.4. The third kappa shape index (κ3) is 7.22. The molecule has 3 aliphatic rings. The molecule has 0 spiro atoms. The topological polar surface area (TPSA) is 291 Å². The minimum absolute atomic E-state index is 0.00502. The molecule has 1 saturated carbocycles. The van der Waals surface area contributed by atoms with Crippen molar-refractivity contribution in [1.82, 2.24) is 5.32 Å². The first kappa shape index (κ1) is 32.4. The summed E-state index contributed by atoms with van der Waals surface area (Å²) in [5, 5.41) is 65.4. The number of carbonyl (C=O) groups is 1.